The normalized spacial score (nSPS) is 11.1. The smallest absolute Gasteiger partial charge is 0.0921 e. The van der Waals surface area contributed by atoms with Crippen LogP contribution in [0.4, 0.5) is 0 Å². The molecule has 2 aromatic rings. The van der Waals surface area contributed by atoms with Gasteiger partial charge in [-0.1, -0.05) is 60.7 Å². The Balaban J connectivity index is 2.32. The van der Waals surface area contributed by atoms with Crippen LogP contribution in [-0.4, -0.2) is 6.10 Å². The molecule has 88 valence electrons. The van der Waals surface area contributed by atoms with Gasteiger partial charge in [-0.3, -0.25) is 0 Å². The third-order valence-electron chi connectivity index (χ3n) is 2.30. The summed E-state index contributed by atoms with van der Waals surface area (Å²) in [7, 11) is -0.690. The predicted octanol–water partition coefficient (Wildman–Crippen LogP) is 3.46. The molecule has 0 radical (unpaired) electrons. The standard InChI is InChI=1S/C15H17OP/c1-13(2)16-17(14-9-5-3-6-10-14)15-11-7-4-8-12-15/h3-13H,1-2H3. The summed E-state index contributed by atoms with van der Waals surface area (Å²) in [5, 5.41) is 2.53. The lowest BCUT2D eigenvalue weighted by Crippen LogP contribution is -2.16. The van der Waals surface area contributed by atoms with E-state index in [1.165, 1.54) is 10.6 Å². The first kappa shape index (κ1) is 12.3. The zero-order valence-corrected chi connectivity index (χ0v) is 11.1. The fourth-order valence-corrected chi connectivity index (χ4v) is 3.46. The SMILES string of the molecule is CC(C)OP(c1ccccc1)c1ccccc1. The highest BCUT2D eigenvalue weighted by atomic mass is 31.1. The molecule has 2 heteroatoms. The molecule has 0 aliphatic heterocycles. The first-order valence-corrected chi connectivity index (χ1v) is 7.10. The molecule has 0 heterocycles. The highest BCUT2D eigenvalue weighted by molar-refractivity contribution is 7.68. The van der Waals surface area contributed by atoms with E-state index in [0.29, 0.717) is 0 Å². The Hall–Kier alpha value is -1.17. The Morgan fingerprint density at radius 1 is 0.765 bits per heavy atom. The van der Waals surface area contributed by atoms with E-state index in [1.807, 2.05) is 12.1 Å². The van der Waals surface area contributed by atoms with Crippen LogP contribution in [0.2, 0.25) is 0 Å². The molecule has 2 aromatic carbocycles. The molecule has 0 aromatic heterocycles. The molecule has 2 rings (SSSR count). The van der Waals surface area contributed by atoms with Gasteiger partial charge in [0.1, 0.15) is 0 Å². The maximum Gasteiger partial charge on any atom is 0.0921 e. The van der Waals surface area contributed by atoms with Gasteiger partial charge in [-0.2, -0.15) is 0 Å². The van der Waals surface area contributed by atoms with Gasteiger partial charge in [-0.15, -0.1) is 0 Å². The molecule has 0 unspecified atom stereocenters. The molecule has 0 aliphatic rings. The summed E-state index contributed by atoms with van der Waals surface area (Å²) >= 11 is 0. The maximum absolute atomic E-state index is 6.09. The van der Waals surface area contributed by atoms with Crippen LogP contribution in [0.1, 0.15) is 13.8 Å². The van der Waals surface area contributed by atoms with E-state index < -0.39 is 8.15 Å². The van der Waals surface area contributed by atoms with Crippen molar-refractivity contribution in [3.8, 4) is 0 Å². The zero-order chi connectivity index (χ0) is 12.1. The first-order chi connectivity index (χ1) is 8.27. The lowest BCUT2D eigenvalue weighted by atomic mass is 10.4. The second kappa shape index (κ2) is 5.95. The summed E-state index contributed by atoms with van der Waals surface area (Å²) in [5.74, 6) is 0. The Labute approximate surface area is 104 Å². The number of hydrogen-bond acceptors (Lipinski definition) is 1. The van der Waals surface area contributed by atoms with E-state index in [9.17, 15) is 0 Å². The summed E-state index contributed by atoms with van der Waals surface area (Å²) in [6.07, 6.45) is 0.238. The minimum atomic E-state index is -0.690. The van der Waals surface area contributed by atoms with Crippen LogP contribution in [0.5, 0.6) is 0 Å². The van der Waals surface area contributed by atoms with Gasteiger partial charge in [-0.25, -0.2) is 0 Å². The van der Waals surface area contributed by atoms with Crippen molar-refractivity contribution in [2.45, 2.75) is 20.0 Å². The number of rotatable bonds is 4. The molecular formula is C15H17OP. The van der Waals surface area contributed by atoms with E-state index in [0.717, 1.165) is 0 Å². The molecular weight excluding hydrogens is 227 g/mol. The lowest BCUT2D eigenvalue weighted by Gasteiger charge is -2.20. The van der Waals surface area contributed by atoms with Crippen molar-refractivity contribution in [1.29, 1.82) is 0 Å². The van der Waals surface area contributed by atoms with E-state index in [2.05, 4.69) is 62.4 Å². The predicted molar refractivity (Wildman–Crippen MR) is 75.3 cm³/mol. The Kier molecular flexibility index (Phi) is 4.30. The molecule has 1 nitrogen and oxygen atoms in total. The molecule has 17 heavy (non-hydrogen) atoms. The quantitative estimate of drug-likeness (QED) is 0.748. The van der Waals surface area contributed by atoms with Crippen molar-refractivity contribution in [2.24, 2.45) is 0 Å². The molecule has 0 N–H and O–H groups in total. The molecule has 0 fully saturated rings. The summed E-state index contributed by atoms with van der Waals surface area (Å²) in [6, 6.07) is 20.9. The summed E-state index contributed by atoms with van der Waals surface area (Å²) < 4.78 is 6.09. The van der Waals surface area contributed by atoms with Crippen LogP contribution in [0, 0.1) is 0 Å². The monoisotopic (exact) mass is 244 g/mol. The summed E-state index contributed by atoms with van der Waals surface area (Å²) in [4.78, 5) is 0. The van der Waals surface area contributed by atoms with Gasteiger partial charge in [0, 0.05) is 10.6 Å². The fourth-order valence-electron chi connectivity index (χ4n) is 1.61. The first-order valence-electron chi connectivity index (χ1n) is 5.84. The van der Waals surface area contributed by atoms with Crippen molar-refractivity contribution < 1.29 is 4.52 Å². The van der Waals surface area contributed by atoms with Crippen molar-refractivity contribution in [1.82, 2.24) is 0 Å². The van der Waals surface area contributed by atoms with Gasteiger partial charge in [0.25, 0.3) is 0 Å². The van der Waals surface area contributed by atoms with Crippen molar-refractivity contribution in [2.75, 3.05) is 0 Å². The van der Waals surface area contributed by atoms with Gasteiger partial charge >= 0.3 is 0 Å². The highest BCUT2D eigenvalue weighted by Gasteiger charge is 2.15. The van der Waals surface area contributed by atoms with E-state index in [1.54, 1.807) is 0 Å². The molecule has 0 amide bonds. The van der Waals surface area contributed by atoms with Crippen LogP contribution in [-0.2, 0) is 4.52 Å². The molecule has 0 aliphatic carbocycles. The Bertz CT molecular complexity index is 399. The van der Waals surface area contributed by atoms with Crippen molar-refractivity contribution in [3.63, 3.8) is 0 Å². The van der Waals surface area contributed by atoms with Crippen molar-refractivity contribution >= 4 is 18.8 Å². The van der Waals surface area contributed by atoms with Gasteiger partial charge < -0.3 is 4.52 Å². The second-order valence-electron chi connectivity index (χ2n) is 4.12. The average Bonchev–Trinajstić information content (AvgIpc) is 2.38. The topological polar surface area (TPSA) is 9.23 Å². The minimum absolute atomic E-state index is 0.238. The van der Waals surface area contributed by atoms with Gasteiger partial charge in [-0.05, 0) is 13.8 Å². The summed E-state index contributed by atoms with van der Waals surface area (Å²) in [6.45, 7) is 4.17. The third kappa shape index (κ3) is 3.39. The van der Waals surface area contributed by atoms with Crippen LogP contribution in [0.25, 0.3) is 0 Å². The van der Waals surface area contributed by atoms with E-state index in [4.69, 9.17) is 4.52 Å². The largest absolute Gasteiger partial charge is 0.347 e. The number of benzene rings is 2. The van der Waals surface area contributed by atoms with Crippen molar-refractivity contribution in [3.05, 3.63) is 60.7 Å². The molecule has 0 atom stereocenters. The van der Waals surface area contributed by atoms with Crippen LogP contribution >= 0.6 is 8.15 Å². The van der Waals surface area contributed by atoms with Gasteiger partial charge in [0.2, 0.25) is 0 Å². The zero-order valence-electron chi connectivity index (χ0n) is 10.2. The van der Waals surface area contributed by atoms with Gasteiger partial charge in [0.15, 0.2) is 0 Å². The van der Waals surface area contributed by atoms with E-state index >= 15 is 0 Å². The Morgan fingerprint density at radius 2 is 1.18 bits per heavy atom. The van der Waals surface area contributed by atoms with Gasteiger partial charge in [0.05, 0.1) is 14.3 Å². The van der Waals surface area contributed by atoms with E-state index in [-0.39, 0.29) is 6.10 Å². The molecule has 0 bridgehead atoms. The minimum Gasteiger partial charge on any atom is -0.347 e. The Morgan fingerprint density at radius 3 is 1.53 bits per heavy atom. The molecule has 0 saturated carbocycles. The number of hydrogen-bond donors (Lipinski definition) is 0. The van der Waals surface area contributed by atoms with Crippen LogP contribution in [0.3, 0.4) is 0 Å². The second-order valence-corrected chi connectivity index (χ2v) is 5.95. The van der Waals surface area contributed by atoms with Crippen LogP contribution < -0.4 is 10.6 Å². The van der Waals surface area contributed by atoms with Crippen LogP contribution in [0.15, 0.2) is 60.7 Å². The summed E-state index contributed by atoms with van der Waals surface area (Å²) in [5.41, 5.74) is 0. The fraction of sp³-hybridized carbons (Fsp3) is 0.200. The molecule has 0 saturated heterocycles. The maximum atomic E-state index is 6.09. The lowest BCUT2D eigenvalue weighted by molar-refractivity contribution is 0.278. The average molecular weight is 244 g/mol. The molecule has 0 spiro atoms. The third-order valence-corrected chi connectivity index (χ3v) is 4.46. The highest BCUT2D eigenvalue weighted by Crippen LogP contribution is 2.36.